The van der Waals surface area contributed by atoms with Crippen molar-refractivity contribution in [3.8, 4) is 0 Å². The molecule has 1 aliphatic rings. The van der Waals surface area contributed by atoms with Crippen molar-refractivity contribution in [3.63, 3.8) is 0 Å². The third-order valence-corrected chi connectivity index (χ3v) is 4.75. The van der Waals surface area contributed by atoms with Gasteiger partial charge in [-0.1, -0.05) is 6.92 Å². The van der Waals surface area contributed by atoms with Crippen molar-refractivity contribution in [2.75, 3.05) is 10.6 Å². The van der Waals surface area contributed by atoms with Crippen molar-refractivity contribution in [1.82, 2.24) is 5.32 Å². The number of hydrogen-bond acceptors (Lipinski definition) is 3. The van der Waals surface area contributed by atoms with E-state index in [-0.39, 0.29) is 29.2 Å². The minimum Gasteiger partial charge on any atom is -0.347 e. The van der Waals surface area contributed by atoms with E-state index in [1.54, 1.807) is 48.5 Å². The van der Waals surface area contributed by atoms with Gasteiger partial charge in [-0.2, -0.15) is 0 Å². The van der Waals surface area contributed by atoms with Gasteiger partial charge in [0.25, 0.3) is 11.8 Å². The van der Waals surface area contributed by atoms with Gasteiger partial charge in [-0.15, -0.1) is 0 Å². The van der Waals surface area contributed by atoms with Crippen LogP contribution in [0, 0.1) is 11.8 Å². The molecule has 2 unspecified atom stereocenters. The number of carbonyl (C=O) groups is 3. The van der Waals surface area contributed by atoms with Crippen molar-refractivity contribution >= 4 is 29.1 Å². The maximum absolute atomic E-state index is 12.4. The van der Waals surface area contributed by atoms with Crippen LogP contribution in [0.2, 0.25) is 0 Å². The second-order valence-corrected chi connectivity index (χ2v) is 8.62. The molecule has 6 heteroatoms. The molecule has 0 aliphatic heterocycles. The Morgan fingerprint density at radius 3 is 1.69 bits per heavy atom. The lowest BCUT2D eigenvalue weighted by Gasteiger charge is -2.20. The first-order valence-corrected chi connectivity index (χ1v) is 9.77. The Bertz CT molecular complexity index is 912. The minimum atomic E-state index is -0.313. The van der Waals surface area contributed by atoms with Crippen LogP contribution in [0.25, 0.3) is 0 Å². The third-order valence-electron chi connectivity index (χ3n) is 4.75. The van der Waals surface area contributed by atoms with E-state index in [2.05, 4.69) is 22.9 Å². The van der Waals surface area contributed by atoms with Crippen LogP contribution in [0.15, 0.2) is 48.5 Å². The highest BCUT2D eigenvalue weighted by atomic mass is 16.2. The summed E-state index contributed by atoms with van der Waals surface area (Å²) in [5.41, 5.74) is 1.98. The summed E-state index contributed by atoms with van der Waals surface area (Å²) in [7, 11) is 0. The largest absolute Gasteiger partial charge is 0.347 e. The molecule has 29 heavy (non-hydrogen) atoms. The lowest BCUT2D eigenvalue weighted by Crippen LogP contribution is -2.40. The summed E-state index contributed by atoms with van der Waals surface area (Å²) >= 11 is 0. The van der Waals surface area contributed by atoms with Crippen molar-refractivity contribution in [1.29, 1.82) is 0 Å². The molecule has 2 aromatic rings. The van der Waals surface area contributed by atoms with E-state index in [0.29, 0.717) is 28.4 Å². The van der Waals surface area contributed by atoms with E-state index in [1.807, 2.05) is 20.8 Å². The van der Waals surface area contributed by atoms with Gasteiger partial charge in [-0.3, -0.25) is 14.4 Å². The molecule has 152 valence electrons. The van der Waals surface area contributed by atoms with Crippen LogP contribution < -0.4 is 16.0 Å². The number of hydrogen-bond donors (Lipinski definition) is 3. The third kappa shape index (κ3) is 5.67. The minimum absolute atomic E-state index is 0.0327. The Morgan fingerprint density at radius 1 is 0.793 bits per heavy atom. The fraction of sp³-hybridized carbons (Fsp3) is 0.348. The zero-order valence-electron chi connectivity index (χ0n) is 17.2. The lowest BCUT2D eigenvalue weighted by molar-refractivity contribution is -0.117. The molecule has 0 saturated heterocycles. The number of amides is 3. The first-order chi connectivity index (χ1) is 13.6. The first-order valence-electron chi connectivity index (χ1n) is 9.77. The highest BCUT2D eigenvalue weighted by molar-refractivity contribution is 6.05. The van der Waals surface area contributed by atoms with Crippen LogP contribution in [0.4, 0.5) is 11.4 Å². The molecule has 1 saturated carbocycles. The summed E-state index contributed by atoms with van der Waals surface area (Å²) in [6.07, 6.45) is 0.934. The van der Waals surface area contributed by atoms with E-state index >= 15 is 0 Å². The fourth-order valence-electron chi connectivity index (χ4n) is 2.95. The average Bonchev–Trinajstić information content (AvgIpc) is 3.38. The molecule has 6 nitrogen and oxygen atoms in total. The van der Waals surface area contributed by atoms with Gasteiger partial charge in [0.1, 0.15) is 0 Å². The second kappa shape index (κ2) is 8.07. The van der Waals surface area contributed by atoms with Crippen molar-refractivity contribution in [2.24, 2.45) is 11.8 Å². The normalized spacial score (nSPS) is 17.9. The summed E-state index contributed by atoms with van der Waals surface area (Å²) in [5, 5.41) is 8.58. The van der Waals surface area contributed by atoms with E-state index in [0.717, 1.165) is 6.42 Å². The van der Waals surface area contributed by atoms with Gasteiger partial charge in [0.2, 0.25) is 5.91 Å². The molecule has 3 amide bonds. The second-order valence-electron chi connectivity index (χ2n) is 8.62. The van der Waals surface area contributed by atoms with Gasteiger partial charge in [0.05, 0.1) is 0 Å². The molecule has 0 aromatic heterocycles. The molecule has 1 aliphatic carbocycles. The number of rotatable bonds is 5. The summed E-state index contributed by atoms with van der Waals surface area (Å²) in [4.78, 5) is 36.6. The van der Waals surface area contributed by atoms with Crippen LogP contribution in [-0.4, -0.2) is 23.3 Å². The van der Waals surface area contributed by atoms with E-state index < -0.39 is 0 Å². The summed E-state index contributed by atoms with van der Waals surface area (Å²) < 4.78 is 0. The van der Waals surface area contributed by atoms with Gasteiger partial charge in [-0.05, 0) is 81.6 Å². The van der Waals surface area contributed by atoms with Crippen molar-refractivity contribution < 1.29 is 14.4 Å². The van der Waals surface area contributed by atoms with E-state index in [9.17, 15) is 14.4 Å². The monoisotopic (exact) mass is 393 g/mol. The molecule has 0 radical (unpaired) electrons. The Balaban J connectivity index is 1.57. The van der Waals surface area contributed by atoms with E-state index in [4.69, 9.17) is 0 Å². The zero-order valence-corrected chi connectivity index (χ0v) is 17.2. The molecule has 3 N–H and O–H groups in total. The maximum Gasteiger partial charge on any atom is 0.255 e. The standard InChI is InChI=1S/C23H27N3O3/c1-14-13-19(14)22(29)25-18-9-5-15(6-10-18)20(27)24-17-11-7-16(8-12-17)21(28)26-23(2,3)4/h5-12,14,19H,13H2,1-4H3,(H,24,27)(H,25,29)(H,26,28). The molecular formula is C23H27N3O3. The molecule has 0 spiro atoms. The fourth-order valence-corrected chi connectivity index (χ4v) is 2.95. The number of benzene rings is 2. The Hall–Kier alpha value is -3.15. The van der Waals surface area contributed by atoms with Crippen LogP contribution in [0.5, 0.6) is 0 Å². The Morgan fingerprint density at radius 2 is 1.24 bits per heavy atom. The predicted octanol–water partition coefficient (Wildman–Crippen LogP) is 4.06. The highest BCUT2D eigenvalue weighted by Crippen LogP contribution is 2.38. The first kappa shape index (κ1) is 20.6. The van der Waals surface area contributed by atoms with Gasteiger partial charge >= 0.3 is 0 Å². The number of anilines is 2. The summed E-state index contributed by atoms with van der Waals surface area (Å²) in [5.74, 6) is 0.168. The average molecular weight is 393 g/mol. The number of carbonyl (C=O) groups excluding carboxylic acids is 3. The molecule has 2 atom stereocenters. The molecule has 2 aromatic carbocycles. The SMILES string of the molecule is CC1CC1C(=O)Nc1ccc(C(=O)Nc2ccc(C(=O)NC(C)(C)C)cc2)cc1. The zero-order chi connectivity index (χ0) is 21.2. The Labute approximate surface area is 171 Å². The van der Waals surface area contributed by atoms with Crippen LogP contribution >= 0.6 is 0 Å². The van der Waals surface area contributed by atoms with Crippen LogP contribution in [0.3, 0.4) is 0 Å². The molecule has 3 rings (SSSR count). The summed E-state index contributed by atoms with van der Waals surface area (Å²) in [6.45, 7) is 7.81. The predicted molar refractivity (Wildman–Crippen MR) is 114 cm³/mol. The highest BCUT2D eigenvalue weighted by Gasteiger charge is 2.39. The van der Waals surface area contributed by atoms with Gasteiger partial charge < -0.3 is 16.0 Å². The van der Waals surface area contributed by atoms with Crippen LogP contribution in [0.1, 0.15) is 54.8 Å². The molecular weight excluding hydrogens is 366 g/mol. The van der Waals surface area contributed by atoms with Gasteiger partial charge in [-0.25, -0.2) is 0 Å². The van der Waals surface area contributed by atoms with Gasteiger partial charge in [0, 0.05) is 34.0 Å². The molecule has 0 heterocycles. The quantitative estimate of drug-likeness (QED) is 0.716. The van der Waals surface area contributed by atoms with Crippen molar-refractivity contribution in [2.45, 2.75) is 39.7 Å². The van der Waals surface area contributed by atoms with Crippen LogP contribution in [-0.2, 0) is 4.79 Å². The molecule has 0 bridgehead atoms. The topological polar surface area (TPSA) is 87.3 Å². The lowest BCUT2D eigenvalue weighted by atomic mass is 10.1. The smallest absolute Gasteiger partial charge is 0.255 e. The van der Waals surface area contributed by atoms with E-state index in [1.165, 1.54) is 0 Å². The molecule has 1 fully saturated rings. The van der Waals surface area contributed by atoms with Crippen molar-refractivity contribution in [3.05, 3.63) is 59.7 Å². The van der Waals surface area contributed by atoms with Gasteiger partial charge in [0.15, 0.2) is 0 Å². The number of nitrogens with one attached hydrogen (secondary N) is 3. The Kier molecular flexibility index (Phi) is 5.73. The maximum atomic E-state index is 12.4. The summed E-state index contributed by atoms with van der Waals surface area (Å²) in [6, 6.07) is 13.5.